The molecule has 186 valence electrons. The monoisotopic (exact) mass is 493 g/mol. The Morgan fingerprint density at radius 1 is 1.31 bits per heavy atom. The highest BCUT2D eigenvalue weighted by Crippen LogP contribution is 2.38. The lowest BCUT2D eigenvalue weighted by atomic mass is 9.96. The molecule has 1 aliphatic rings. The van der Waals surface area contributed by atoms with E-state index >= 15 is 0 Å². The van der Waals surface area contributed by atoms with Crippen LogP contribution in [0.3, 0.4) is 0 Å². The van der Waals surface area contributed by atoms with Crippen molar-refractivity contribution < 1.29 is 9.53 Å². The Kier molecular flexibility index (Phi) is 7.67. The molecule has 35 heavy (non-hydrogen) atoms. The lowest BCUT2D eigenvalue weighted by molar-refractivity contribution is -0.114. The van der Waals surface area contributed by atoms with Gasteiger partial charge in [0.25, 0.3) is 0 Å². The van der Waals surface area contributed by atoms with Crippen molar-refractivity contribution in [1.29, 1.82) is 5.26 Å². The minimum Gasteiger partial charge on any atom is -0.361 e. The molecule has 0 spiro atoms. The Bertz CT molecular complexity index is 1210. The average Bonchev–Trinajstić information content (AvgIpc) is 3.54. The van der Waals surface area contributed by atoms with E-state index in [1.807, 2.05) is 27.7 Å². The molecular weight excluding hydrogens is 458 g/mol. The van der Waals surface area contributed by atoms with Crippen LogP contribution in [0, 0.1) is 17.2 Å². The molecule has 9 nitrogen and oxygen atoms in total. The summed E-state index contributed by atoms with van der Waals surface area (Å²) in [5.41, 5.74) is 2.20. The van der Waals surface area contributed by atoms with Crippen LogP contribution in [-0.2, 0) is 16.3 Å². The maximum Gasteiger partial charge on any atom is 0.222 e. The summed E-state index contributed by atoms with van der Waals surface area (Å²) >= 11 is 0. The number of hydrogen-bond donors (Lipinski definition) is 1. The zero-order chi connectivity index (χ0) is 25.0. The Morgan fingerprint density at radius 2 is 2.09 bits per heavy atom. The first-order valence-electron chi connectivity index (χ1n) is 12.4. The van der Waals surface area contributed by atoms with E-state index in [0.717, 1.165) is 42.1 Å². The second-order valence-corrected chi connectivity index (χ2v) is 16.2. The summed E-state index contributed by atoms with van der Waals surface area (Å²) in [6, 6.07) is 5.39. The predicted octanol–water partition coefficient (Wildman–Crippen LogP) is 5.21. The number of ether oxygens (including phenoxy) is 1. The smallest absolute Gasteiger partial charge is 0.222 e. The van der Waals surface area contributed by atoms with Gasteiger partial charge in [-0.2, -0.15) is 10.4 Å². The van der Waals surface area contributed by atoms with Gasteiger partial charge in [0, 0.05) is 39.4 Å². The van der Waals surface area contributed by atoms with E-state index in [4.69, 9.17) is 9.84 Å². The van der Waals surface area contributed by atoms with E-state index in [-0.39, 0.29) is 11.9 Å². The molecule has 10 heteroatoms. The molecular formula is C25H35N7O2Si. The number of rotatable bonds is 10. The van der Waals surface area contributed by atoms with Crippen LogP contribution in [0.1, 0.15) is 45.1 Å². The third kappa shape index (κ3) is 5.97. The van der Waals surface area contributed by atoms with Gasteiger partial charge in [0.1, 0.15) is 18.7 Å². The summed E-state index contributed by atoms with van der Waals surface area (Å²) in [5, 5.41) is 17.9. The molecule has 1 atom stereocenters. The van der Waals surface area contributed by atoms with Gasteiger partial charge < -0.3 is 14.6 Å². The van der Waals surface area contributed by atoms with Crippen LogP contribution >= 0.6 is 0 Å². The molecule has 0 aliphatic heterocycles. The van der Waals surface area contributed by atoms with Gasteiger partial charge in [0.15, 0.2) is 5.82 Å². The zero-order valence-corrected chi connectivity index (χ0v) is 22.1. The first kappa shape index (κ1) is 25.1. The molecule has 1 N–H and O–H groups in total. The van der Waals surface area contributed by atoms with Gasteiger partial charge in [0.2, 0.25) is 5.91 Å². The SMILES string of the molecule is CC(=O)Nc1nn(C(CC#N)C2CCCC2)cc1-c1ncnc2c1ccn2COCC[Si](C)(C)C. The number of nitrogens with one attached hydrogen (secondary N) is 1. The van der Waals surface area contributed by atoms with Crippen molar-refractivity contribution in [1.82, 2.24) is 24.3 Å². The van der Waals surface area contributed by atoms with Crippen LogP contribution in [0.2, 0.25) is 25.7 Å². The van der Waals surface area contributed by atoms with Crippen molar-refractivity contribution in [3.8, 4) is 17.3 Å². The minimum absolute atomic E-state index is 0.0227. The topological polar surface area (TPSA) is 111 Å². The van der Waals surface area contributed by atoms with E-state index in [1.54, 1.807) is 0 Å². The molecule has 0 bridgehead atoms. The zero-order valence-electron chi connectivity index (χ0n) is 21.1. The van der Waals surface area contributed by atoms with Gasteiger partial charge in [-0.1, -0.05) is 32.5 Å². The predicted molar refractivity (Wildman–Crippen MR) is 138 cm³/mol. The molecule has 1 fully saturated rings. The van der Waals surface area contributed by atoms with E-state index in [1.165, 1.54) is 26.1 Å². The van der Waals surface area contributed by atoms with Gasteiger partial charge in [0.05, 0.1) is 29.8 Å². The Morgan fingerprint density at radius 3 is 2.77 bits per heavy atom. The number of hydrogen-bond acceptors (Lipinski definition) is 6. The summed E-state index contributed by atoms with van der Waals surface area (Å²) in [7, 11) is -1.15. The molecule has 0 radical (unpaired) electrons. The van der Waals surface area contributed by atoms with Crippen molar-refractivity contribution >= 4 is 30.8 Å². The highest BCUT2D eigenvalue weighted by molar-refractivity contribution is 6.76. The normalized spacial score (nSPS) is 15.4. The Labute approximate surface area is 207 Å². The Balaban J connectivity index is 1.67. The quantitative estimate of drug-likeness (QED) is 0.307. The summed E-state index contributed by atoms with van der Waals surface area (Å²) in [4.78, 5) is 21.1. The van der Waals surface area contributed by atoms with Gasteiger partial charge in [-0.25, -0.2) is 9.97 Å². The van der Waals surface area contributed by atoms with Crippen LogP contribution in [-0.4, -0.2) is 44.9 Å². The average molecular weight is 494 g/mol. The van der Waals surface area contributed by atoms with Crippen LogP contribution in [0.25, 0.3) is 22.3 Å². The fraction of sp³-hybridized carbons (Fsp3) is 0.560. The van der Waals surface area contributed by atoms with Gasteiger partial charge in [-0.3, -0.25) is 9.48 Å². The molecule has 1 amide bonds. The number of nitrogens with zero attached hydrogens (tertiary/aromatic N) is 6. The van der Waals surface area contributed by atoms with E-state index < -0.39 is 8.07 Å². The van der Waals surface area contributed by atoms with Crippen molar-refractivity contribution in [2.75, 3.05) is 11.9 Å². The minimum atomic E-state index is -1.15. The van der Waals surface area contributed by atoms with Gasteiger partial charge >= 0.3 is 0 Å². The standard InChI is InChI=1S/C25H35N7O2Si/c1-18(33)29-24-21(15-32(30-24)22(9-11-26)19-7-5-6-8-19)23-20-10-12-31(25(20)28-16-27-23)17-34-13-14-35(2,3)4/h10,12,15-16,19,22H,5-9,13-14,17H2,1-4H3,(H,29,30,33). The highest BCUT2D eigenvalue weighted by Gasteiger charge is 2.29. The molecule has 3 aromatic heterocycles. The maximum absolute atomic E-state index is 12.0. The van der Waals surface area contributed by atoms with Crippen LogP contribution < -0.4 is 5.32 Å². The van der Waals surface area contributed by atoms with Crippen molar-refractivity contribution in [2.45, 2.75) is 77.5 Å². The lowest BCUT2D eigenvalue weighted by Gasteiger charge is -2.21. The second kappa shape index (κ2) is 10.7. The number of nitriles is 1. The molecule has 1 unspecified atom stereocenters. The molecule has 0 saturated heterocycles. The fourth-order valence-corrected chi connectivity index (χ4v) is 5.53. The summed E-state index contributed by atoms with van der Waals surface area (Å²) in [5.74, 6) is 0.665. The van der Waals surface area contributed by atoms with Gasteiger partial charge in [-0.15, -0.1) is 0 Å². The molecule has 1 saturated carbocycles. The van der Waals surface area contributed by atoms with E-state index in [0.29, 0.717) is 30.6 Å². The molecule has 3 aromatic rings. The first-order chi connectivity index (χ1) is 16.8. The number of anilines is 1. The maximum atomic E-state index is 12.0. The molecule has 0 aromatic carbocycles. The van der Waals surface area contributed by atoms with E-state index in [2.05, 4.69) is 41.0 Å². The third-order valence-corrected chi connectivity index (χ3v) is 8.35. The number of carbonyl (C=O) groups is 1. The highest BCUT2D eigenvalue weighted by atomic mass is 28.3. The second-order valence-electron chi connectivity index (χ2n) is 10.6. The molecule has 1 aliphatic carbocycles. The Hall–Kier alpha value is -3.03. The van der Waals surface area contributed by atoms with Crippen LogP contribution in [0.15, 0.2) is 24.8 Å². The number of amides is 1. The summed E-state index contributed by atoms with van der Waals surface area (Å²) < 4.78 is 9.78. The van der Waals surface area contributed by atoms with Crippen molar-refractivity contribution in [3.63, 3.8) is 0 Å². The van der Waals surface area contributed by atoms with Crippen molar-refractivity contribution in [2.24, 2.45) is 5.92 Å². The third-order valence-electron chi connectivity index (χ3n) is 6.65. The van der Waals surface area contributed by atoms with Crippen molar-refractivity contribution in [3.05, 3.63) is 24.8 Å². The first-order valence-corrected chi connectivity index (χ1v) is 16.1. The fourth-order valence-electron chi connectivity index (χ4n) is 4.77. The van der Waals surface area contributed by atoms with Gasteiger partial charge in [-0.05, 0) is 30.9 Å². The van der Waals surface area contributed by atoms with Crippen LogP contribution in [0.5, 0.6) is 0 Å². The summed E-state index contributed by atoms with van der Waals surface area (Å²) in [6.45, 7) is 9.63. The van der Waals surface area contributed by atoms with E-state index in [9.17, 15) is 10.1 Å². The largest absolute Gasteiger partial charge is 0.361 e. The summed E-state index contributed by atoms with van der Waals surface area (Å²) in [6.07, 6.45) is 10.3. The molecule has 3 heterocycles. The number of fused-ring (bicyclic) bond motifs is 1. The molecule has 4 rings (SSSR count). The van der Waals surface area contributed by atoms with Crippen LogP contribution in [0.4, 0.5) is 5.82 Å². The number of carbonyl (C=O) groups excluding carboxylic acids is 1. The number of aromatic nitrogens is 5. The lowest BCUT2D eigenvalue weighted by Crippen LogP contribution is -2.22.